The number of hydrogen-bond acceptors (Lipinski definition) is 3. The molecule has 0 radical (unpaired) electrons. The molecule has 1 aliphatic rings. The van der Waals surface area contributed by atoms with Crippen LogP contribution in [0.5, 0.6) is 0 Å². The van der Waals surface area contributed by atoms with Crippen LogP contribution in [0, 0.1) is 0 Å². The molecule has 0 saturated heterocycles. The molecule has 5 heteroatoms. The van der Waals surface area contributed by atoms with E-state index in [1.54, 1.807) is 0 Å². The molecule has 106 valence electrons. The van der Waals surface area contributed by atoms with Crippen LogP contribution in [0.15, 0.2) is 12.4 Å². The lowest BCUT2D eigenvalue weighted by Gasteiger charge is -2.19. The summed E-state index contributed by atoms with van der Waals surface area (Å²) in [6.45, 7) is 9.79. The number of aromatic nitrogens is 2. The summed E-state index contributed by atoms with van der Waals surface area (Å²) in [5.41, 5.74) is 0.742. The van der Waals surface area contributed by atoms with Crippen LogP contribution in [0.25, 0.3) is 0 Å². The van der Waals surface area contributed by atoms with E-state index in [1.165, 1.54) is 5.56 Å². The number of carbonyl (C=O) groups excluding carboxylic acids is 1. The lowest BCUT2D eigenvalue weighted by atomic mass is 10.2. The fraction of sp³-hybridized carbons (Fsp3) is 0.714. The van der Waals surface area contributed by atoms with Crippen molar-refractivity contribution in [2.75, 3.05) is 0 Å². The van der Waals surface area contributed by atoms with Gasteiger partial charge in [-0.15, -0.1) is 0 Å². The van der Waals surface area contributed by atoms with E-state index >= 15 is 0 Å². The standard InChI is InChI=1S/C14H23N3O2/c1-9(2)17-8-10(7-15-17)11-6-12(11)16-13(18)19-14(3,4)5/h7-9,11-12H,6H2,1-5H3,(H,16,18). The summed E-state index contributed by atoms with van der Waals surface area (Å²) in [6, 6.07) is 0.546. The van der Waals surface area contributed by atoms with Gasteiger partial charge in [0.25, 0.3) is 0 Å². The van der Waals surface area contributed by atoms with Gasteiger partial charge in [0.1, 0.15) is 5.60 Å². The summed E-state index contributed by atoms with van der Waals surface area (Å²) in [4.78, 5) is 11.6. The van der Waals surface area contributed by atoms with Crippen molar-refractivity contribution in [1.82, 2.24) is 15.1 Å². The summed E-state index contributed by atoms with van der Waals surface area (Å²) in [5, 5.41) is 7.22. The highest BCUT2D eigenvalue weighted by Crippen LogP contribution is 2.40. The lowest BCUT2D eigenvalue weighted by molar-refractivity contribution is 0.0523. The molecule has 0 spiro atoms. The first-order valence-electron chi connectivity index (χ1n) is 6.80. The van der Waals surface area contributed by atoms with Gasteiger partial charge in [-0.3, -0.25) is 4.68 Å². The van der Waals surface area contributed by atoms with E-state index < -0.39 is 5.60 Å². The average molecular weight is 265 g/mol. The second-order valence-corrected chi connectivity index (χ2v) is 6.44. The van der Waals surface area contributed by atoms with Crippen LogP contribution in [-0.4, -0.2) is 27.5 Å². The molecule has 19 heavy (non-hydrogen) atoms. The predicted octanol–water partition coefficient (Wildman–Crippen LogP) is 2.84. The second kappa shape index (κ2) is 4.87. The fourth-order valence-electron chi connectivity index (χ4n) is 2.01. The summed E-state index contributed by atoms with van der Waals surface area (Å²) in [5.74, 6) is 0.375. The van der Waals surface area contributed by atoms with E-state index in [4.69, 9.17) is 4.74 Å². The lowest BCUT2D eigenvalue weighted by Crippen LogP contribution is -2.34. The van der Waals surface area contributed by atoms with E-state index in [0.29, 0.717) is 12.0 Å². The highest BCUT2D eigenvalue weighted by molar-refractivity contribution is 5.69. The van der Waals surface area contributed by atoms with E-state index in [-0.39, 0.29) is 12.1 Å². The van der Waals surface area contributed by atoms with Gasteiger partial charge < -0.3 is 10.1 Å². The first-order chi connectivity index (χ1) is 8.76. The number of nitrogens with one attached hydrogen (secondary N) is 1. The molecule has 1 N–H and O–H groups in total. The Labute approximate surface area is 114 Å². The Morgan fingerprint density at radius 1 is 1.53 bits per heavy atom. The third-order valence-corrected chi connectivity index (χ3v) is 3.07. The third-order valence-electron chi connectivity index (χ3n) is 3.07. The van der Waals surface area contributed by atoms with Gasteiger partial charge >= 0.3 is 6.09 Å². The van der Waals surface area contributed by atoms with Crippen LogP contribution in [0.2, 0.25) is 0 Å². The zero-order chi connectivity index (χ0) is 14.2. The normalized spacial score (nSPS) is 22.4. The third kappa shape index (κ3) is 3.72. The Balaban J connectivity index is 1.85. The number of amides is 1. The Kier molecular flexibility index (Phi) is 3.56. The molecule has 1 fully saturated rings. The second-order valence-electron chi connectivity index (χ2n) is 6.44. The van der Waals surface area contributed by atoms with Crippen LogP contribution in [0.4, 0.5) is 4.79 Å². The van der Waals surface area contributed by atoms with Crippen LogP contribution in [0.1, 0.15) is 58.6 Å². The molecule has 1 heterocycles. The number of ether oxygens (including phenoxy) is 1. The van der Waals surface area contributed by atoms with Gasteiger partial charge in [0.2, 0.25) is 0 Å². The Hall–Kier alpha value is -1.52. The highest BCUT2D eigenvalue weighted by atomic mass is 16.6. The number of carbonyl (C=O) groups is 1. The van der Waals surface area contributed by atoms with E-state index in [0.717, 1.165) is 6.42 Å². The molecule has 2 unspecified atom stereocenters. The summed E-state index contributed by atoms with van der Waals surface area (Å²) >= 11 is 0. The molecule has 1 aromatic heterocycles. The molecule has 2 atom stereocenters. The number of nitrogens with zero attached hydrogens (tertiary/aromatic N) is 2. The molecule has 1 saturated carbocycles. The molecule has 0 aromatic carbocycles. The van der Waals surface area contributed by atoms with Crippen LogP contribution in [-0.2, 0) is 4.74 Å². The molecule has 0 aliphatic heterocycles. The zero-order valence-electron chi connectivity index (χ0n) is 12.3. The summed E-state index contributed by atoms with van der Waals surface area (Å²) in [6.07, 6.45) is 4.58. The first kappa shape index (κ1) is 13.9. The fourth-order valence-corrected chi connectivity index (χ4v) is 2.01. The highest BCUT2D eigenvalue weighted by Gasteiger charge is 2.41. The molecular weight excluding hydrogens is 242 g/mol. The minimum absolute atomic E-state index is 0.180. The maximum absolute atomic E-state index is 11.6. The Bertz CT molecular complexity index is 460. The number of hydrogen-bond donors (Lipinski definition) is 1. The minimum Gasteiger partial charge on any atom is -0.444 e. The van der Waals surface area contributed by atoms with Crippen molar-refractivity contribution >= 4 is 6.09 Å². The largest absolute Gasteiger partial charge is 0.444 e. The molecule has 1 aliphatic carbocycles. The molecular formula is C14H23N3O2. The topological polar surface area (TPSA) is 56.2 Å². The van der Waals surface area contributed by atoms with Crippen molar-refractivity contribution in [1.29, 1.82) is 0 Å². The van der Waals surface area contributed by atoms with E-state index in [9.17, 15) is 4.79 Å². The van der Waals surface area contributed by atoms with Gasteiger partial charge in [-0.1, -0.05) is 0 Å². The molecule has 0 bridgehead atoms. The first-order valence-corrected chi connectivity index (χ1v) is 6.80. The summed E-state index contributed by atoms with van der Waals surface area (Å²) < 4.78 is 7.19. The van der Waals surface area contributed by atoms with Crippen LogP contribution >= 0.6 is 0 Å². The molecule has 1 amide bonds. The maximum atomic E-state index is 11.6. The van der Waals surface area contributed by atoms with Crippen molar-refractivity contribution in [2.24, 2.45) is 0 Å². The SMILES string of the molecule is CC(C)n1cc(C2CC2NC(=O)OC(C)(C)C)cn1. The van der Waals surface area contributed by atoms with Crippen LogP contribution in [0.3, 0.4) is 0 Å². The van der Waals surface area contributed by atoms with Crippen molar-refractivity contribution in [2.45, 2.75) is 64.6 Å². The molecule has 1 aromatic rings. The number of alkyl carbamates (subject to hydrolysis) is 1. The molecule has 2 rings (SSSR count). The monoisotopic (exact) mass is 265 g/mol. The van der Waals surface area contributed by atoms with E-state index in [2.05, 4.69) is 30.5 Å². The zero-order valence-corrected chi connectivity index (χ0v) is 12.3. The quantitative estimate of drug-likeness (QED) is 0.914. The van der Waals surface area contributed by atoms with Crippen LogP contribution < -0.4 is 5.32 Å². The summed E-state index contributed by atoms with van der Waals surface area (Å²) in [7, 11) is 0. The van der Waals surface area contributed by atoms with E-state index in [1.807, 2.05) is 31.6 Å². The van der Waals surface area contributed by atoms with Gasteiger partial charge in [0, 0.05) is 24.2 Å². The Morgan fingerprint density at radius 3 is 2.74 bits per heavy atom. The smallest absolute Gasteiger partial charge is 0.407 e. The minimum atomic E-state index is -0.447. The predicted molar refractivity (Wildman–Crippen MR) is 73.1 cm³/mol. The van der Waals surface area contributed by atoms with Gasteiger partial charge in [-0.05, 0) is 46.6 Å². The van der Waals surface area contributed by atoms with Crippen molar-refractivity contribution < 1.29 is 9.53 Å². The maximum Gasteiger partial charge on any atom is 0.407 e. The number of rotatable bonds is 3. The van der Waals surface area contributed by atoms with Gasteiger partial charge in [-0.25, -0.2) is 4.79 Å². The average Bonchev–Trinajstić information content (AvgIpc) is 2.82. The van der Waals surface area contributed by atoms with Crippen molar-refractivity contribution in [3.63, 3.8) is 0 Å². The Morgan fingerprint density at radius 2 is 2.21 bits per heavy atom. The molecule has 5 nitrogen and oxygen atoms in total. The van der Waals surface area contributed by atoms with Crippen molar-refractivity contribution in [3.8, 4) is 0 Å². The van der Waals surface area contributed by atoms with Crippen molar-refractivity contribution in [3.05, 3.63) is 18.0 Å². The van der Waals surface area contributed by atoms with Gasteiger partial charge in [0.15, 0.2) is 0 Å². The van der Waals surface area contributed by atoms with Gasteiger partial charge in [-0.2, -0.15) is 5.10 Å². The van der Waals surface area contributed by atoms with Gasteiger partial charge in [0.05, 0.1) is 6.20 Å².